The van der Waals surface area contributed by atoms with Crippen LogP contribution in [0.4, 0.5) is 0 Å². The first-order chi connectivity index (χ1) is 10.1. The highest BCUT2D eigenvalue weighted by atomic mass is 16.5. The standard InChI is InChI=1S/C17H28N2O2/c1-4-21-14-6-5-9-19(11-14)12-16(18)15-10-13(2)7-8-17(15)20-3/h7-8,10,14,16H,4-6,9,11-12,18H2,1-3H3. The number of likely N-dealkylation sites (tertiary alicyclic amines) is 1. The molecule has 118 valence electrons. The Hall–Kier alpha value is -1.10. The number of piperidine rings is 1. The van der Waals surface area contributed by atoms with Crippen LogP contribution in [0.5, 0.6) is 5.75 Å². The van der Waals surface area contributed by atoms with Crippen molar-refractivity contribution in [3.8, 4) is 5.75 Å². The maximum atomic E-state index is 6.43. The second-order valence-electron chi connectivity index (χ2n) is 5.83. The van der Waals surface area contributed by atoms with Gasteiger partial charge in [0.1, 0.15) is 5.75 Å². The minimum Gasteiger partial charge on any atom is -0.496 e. The van der Waals surface area contributed by atoms with Crippen molar-refractivity contribution < 1.29 is 9.47 Å². The van der Waals surface area contributed by atoms with Gasteiger partial charge in [-0.3, -0.25) is 4.90 Å². The number of hydrogen-bond acceptors (Lipinski definition) is 4. The predicted molar refractivity (Wildman–Crippen MR) is 85.7 cm³/mol. The van der Waals surface area contributed by atoms with Crippen LogP contribution in [0.2, 0.25) is 0 Å². The minimum absolute atomic E-state index is 0.0276. The molecule has 4 nitrogen and oxygen atoms in total. The Balaban J connectivity index is 2.00. The molecule has 0 bridgehead atoms. The van der Waals surface area contributed by atoms with Crippen LogP contribution in [-0.4, -0.2) is 44.4 Å². The summed E-state index contributed by atoms with van der Waals surface area (Å²) in [5.41, 5.74) is 8.74. The van der Waals surface area contributed by atoms with Crippen molar-refractivity contribution in [1.82, 2.24) is 4.90 Å². The Morgan fingerprint density at radius 2 is 2.24 bits per heavy atom. The van der Waals surface area contributed by atoms with Crippen LogP contribution in [0, 0.1) is 6.92 Å². The second kappa shape index (κ2) is 7.78. The van der Waals surface area contributed by atoms with Gasteiger partial charge in [0.2, 0.25) is 0 Å². The molecule has 2 atom stereocenters. The van der Waals surface area contributed by atoms with E-state index in [1.165, 1.54) is 12.0 Å². The smallest absolute Gasteiger partial charge is 0.123 e. The fraction of sp³-hybridized carbons (Fsp3) is 0.647. The van der Waals surface area contributed by atoms with Gasteiger partial charge >= 0.3 is 0 Å². The molecule has 1 aromatic carbocycles. The second-order valence-corrected chi connectivity index (χ2v) is 5.83. The number of methoxy groups -OCH3 is 1. The number of hydrogen-bond donors (Lipinski definition) is 1. The zero-order valence-corrected chi connectivity index (χ0v) is 13.5. The molecule has 0 amide bonds. The van der Waals surface area contributed by atoms with E-state index in [4.69, 9.17) is 15.2 Å². The van der Waals surface area contributed by atoms with Gasteiger partial charge in [-0.05, 0) is 39.3 Å². The summed E-state index contributed by atoms with van der Waals surface area (Å²) in [5, 5.41) is 0. The molecule has 4 heteroatoms. The normalized spacial score (nSPS) is 21.2. The number of benzene rings is 1. The highest BCUT2D eigenvalue weighted by molar-refractivity contribution is 5.39. The molecule has 1 saturated heterocycles. The Morgan fingerprint density at radius 3 is 2.95 bits per heavy atom. The molecule has 21 heavy (non-hydrogen) atoms. The molecular formula is C17H28N2O2. The molecule has 0 aliphatic carbocycles. The zero-order chi connectivity index (χ0) is 15.2. The van der Waals surface area contributed by atoms with Gasteiger partial charge in [0.05, 0.1) is 13.2 Å². The van der Waals surface area contributed by atoms with Crippen LogP contribution < -0.4 is 10.5 Å². The summed E-state index contributed by atoms with van der Waals surface area (Å²) in [6.07, 6.45) is 2.70. The average molecular weight is 292 g/mol. The molecule has 0 spiro atoms. The van der Waals surface area contributed by atoms with Gasteiger partial charge in [-0.15, -0.1) is 0 Å². The molecule has 0 radical (unpaired) electrons. The average Bonchev–Trinajstić information content (AvgIpc) is 2.48. The monoisotopic (exact) mass is 292 g/mol. The molecule has 1 heterocycles. The number of ether oxygens (including phenoxy) is 2. The summed E-state index contributed by atoms with van der Waals surface area (Å²) in [6.45, 7) is 7.87. The van der Waals surface area contributed by atoms with Crippen molar-refractivity contribution in [2.45, 2.75) is 38.8 Å². The first-order valence-corrected chi connectivity index (χ1v) is 7.88. The van der Waals surface area contributed by atoms with Crippen LogP contribution >= 0.6 is 0 Å². The van der Waals surface area contributed by atoms with Gasteiger partial charge < -0.3 is 15.2 Å². The van der Waals surface area contributed by atoms with Crippen molar-refractivity contribution in [3.63, 3.8) is 0 Å². The van der Waals surface area contributed by atoms with Crippen LogP contribution in [0.15, 0.2) is 18.2 Å². The summed E-state index contributed by atoms with van der Waals surface area (Å²) in [6, 6.07) is 6.17. The summed E-state index contributed by atoms with van der Waals surface area (Å²) < 4.78 is 11.2. The van der Waals surface area contributed by atoms with Gasteiger partial charge in [0, 0.05) is 31.3 Å². The van der Waals surface area contributed by atoms with Gasteiger partial charge in [-0.1, -0.05) is 17.7 Å². The summed E-state index contributed by atoms with van der Waals surface area (Å²) in [4.78, 5) is 2.41. The molecule has 2 unspecified atom stereocenters. The van der Waals surface area contributed by atoms with E-state index in [0.717, 1.165) is 44.0 Å². The van der Waals surface area contributed by atoms with E-state index in [1.54, 1.807) is 7.11 Å². The Bertz CT molecular complexity index is 448. The van der Waals surface area contributed by atoms with Crippen LogP contribution in [0.25, 0.3) is 0 Å². The number of aryl methyl sites for hydroxylation is 1. The van der Waals surface area contributed by atoms with Crippen molar-refractivity contribution in [2.24, 2.45) is 5.73 Å². The van der Waals surface area contributed by atoms with E-state index >= 15 is 0 Å². The van der Waals surface area contributed by atoms with E-state index < -0.39 is 0 Å². The lowest BCUT2D eigenvalue weighted by Crippen LogP contribution is -2.43. The van der Waals surface area contributed by atoms with Gasteiger partial charge in [-0.25, -0.2) is 0 Å². The van der Waals surface area contributed by atoms with Crippen molar-refractivity contribution in [3.05, 3.63) is 29.3 Å². The number of rotatable bonds is 6. The fourth-order valence-corrected chi connectivity index (χ4v) is 3.07. The molecular weight excluding hydrogens is 264 g/mol. The van der Waals surface area contributed by atoms with Crippen molar-refractivity contribution in [1.29, 1.82) is 0 Å². The largest absolute Gasteiger partial charge is 0.496 e. The Labute approximate surface area is 128 Å². The van der Waals surface area contributed by atoms with E-state index in [0.29, 0.717) is 6.10 Å². The third kappa shape index (κ3) is 4.43. The molecule has 1 aromatic rings. The third-order valence-corrected chi connectivity index (χ3v) is 4.10. The highest BCUT2D eigenvalue weighted by Crippen LogP contribution is 2.26. The summed E-state index contributed by atoms with van der Waals surface area (Å²) in [7, 11) is 1.70. The maximum absolute atomic E-state index is 6.43. The summed E-state index contributed by atoms with van der Waals surface area (Å²) >= 11 is 0. The van der Waals surface area contributed by atoms with Gasteiger partial charge in [-0.2, -0.15) is 0 Å². The number of nitrogens with zero attached hydrogens (tertiary/aromatic N) is 1. The van der Waals surface area contributed by atoms with E-state index in [2.05, 4.69) is 30.9 Å². The van der Waals surface area contributed by atoms with Crippen LogP contribution in [0.1, 0.15) is 36.9 Å². The molecule has 0 aromatic heterocycles. The molecule has 1 aliphatic rings. The van der Waals surface area contributed by atoms with E-state index in [9.17, 15) is 0 Å². The first kappa shape index (κ1) is 16.3. The SMILES string of the molecule is CCOC1CCCN(CC(N)c2cc(C)ccc2OC)C1. The van der Waals surface area contributed by atoms with Gasteiger partial charge in [0.15, 0.2) is 0 Å². The topological polar surface area (TPSA) is 47.7 Å². The maximum Gasteiger partial charge on any atom is 0.123 e. The fourth-order valence-electron chi connectivity index (χ4n) is 3.07. The quantitative estimate of drug-likeness (QED) is 0.875. The molecule has 2 rings (SSSR count). The van der Waals surface area contributed by atoms with Crippen LogP contribution in [0.3, 0.4) is 0 Å². The lowest BCUT2D eigenvalue weighted by atomic mass is 10.0. The summed E-state index contributed by atoms with van der Waals surface area (Å²) in [5.74, 6) is 0.881. The lowest BCUT2D eigenvalue weighted by Gasteiger charge is -2.34. The number of nitrogens with two attached hydrogens (primary N) is 1. The van der Waals surface area contributed by atoms with Gasteiger partial charge in [0.25, 0.3) is 0 Å². The zero-order valence-electron chi connectivity index (χ0n) is 13.5. The molecule has 2 N–H and O–H groups in total. The highest BCUT2D eigenvalue weighted by Gasteiger charge is 2.23. The third-order valence-electron chi connectivity index (χ3n) is 4.10. The molecule has 1 fully saturated rings. The Kier molecular flexibility index (Phi) is 6.03. The molecule has 0 saturated carbocycles. The lowest BCUT2D eigenvalue weighted by molar-refractivity contribution is 0.00445. The van der Waals surface area contributed by atoms with Crippen molar-refractivity contribution >= 4 is 0 Å². The van der Waals surface area contributed by atoms with E-state index in [1.807, 2.05) is 6.07 Å². The van der Waals surface area contributed by atoms with E-state index in [-0.39, 0.29) is 6.04 Å². The Morgan fingerprint density at radius 1 is 1.43 bits per heavy atom. The predicted octanol–water partition coefficient (Wildman–Crippen LogP) is 2.50. The van der Waals surface area contributed by atoms with Crippen LogP contribution in [-0.2, 0) is 4.74 Å². The minimum atomic E-state index is -0.0276. The first-order valence-electron chi connectivity index (χ1n) is 7.88. The van der Waals surface area contributed by atoms with Crippen molar-refractivity contribution in [2.75, 3.05) is 33.4 Å². The molecule has 1 aliphatic heterocycles.